The highest BCUT2D eigenvalue weighted by Crippen LogP contribution is 2.32. The Kier molecular flexibility index (Phi) is 6.69. The lowest BCUT2D eigenvalue weighted by atomic mass is 10.0. The molecule has 4 rings (SSSR count). The molecule has 0 aliphatic heterocycles. The second-order valence-corrected chi connectivity index (χ2v) is 15.7. The molecule has 176 valence electrons. The molecule has 0 unspecified atom stereocenters. The molecular weight excluding hydrogens is 440 g/mol. The molecule has 0 saturated heterocycles. The largest absolute Gasteiger partial charge is 0.361 e. The molecule has 0 aliphatic rings. The summed E-state index contributed by atoms with van der Waals surface area (Å²) in [6.45, 7) is 12.1. The van der Waals surface area contributed by atoms with Gasteiger partial charge in [-0.3, -0.25) is 9.67 Å². The van der Waals surface area contributed by atoms with Crippen molar-refractivity contribution in [2.24, 2.45) is 7.05 Å². The summed E-state index contributed by atoms with van der Waals surface area (Å²) in [5, 5.41) is 15.4. The molecule has 0 fully saturated rings. The molecule has 7 nitrogen and oxygen atoms in total. The van der Waals surface area contributed by atoms with Gasteiger partial charge in [0, 0.05) is 62.9 Å². The summed E-state index contributed by atoms with van der Waals surface area (Å²) in [5.41, 5.74) is 7.00. The average Bonchev–Trinajstić information content (AvgIpc) is 3.28. The maximum absolute atomic E-state index is 9.94. The van der Waals surface area contributed by atoms with E-state index in [2.05, 4.69) is 43.8 Å². The molecule has 34 heavy (non-hydrogen) atoms. The number of nitrogens with zero attached hydrogens (tertiary/aromatic N) is 6. The Morgan fingerprint density at radius 1 is 1.12 bits per heavy atom. The molecule has 8 heteroatoms. The number of pyridine rings is 2. The van der Waals surface area contributed by atoms with Gasteiger partial charge in [-0.2, -0.15) is 10.4 Å². The third kappa shape index (κ3) is 5.27. The van der Waals surface area contributed by atoms with Crippen LogP contribution in [0.2, 0.25) is 25.7 Å². The van der Waals surface area contributed by atoms with Crippen LogP contribution in [0.3, 0.4) is 0 Å². The Morgan fingerprint density at radius 3 is 2.56 bits per heavy atom. The van der Waals surface area contributed by atoms with Crippen molar-refractivity contribution in [1.82, 2.24) is 24.3 Å². The molecule has 0 radical (unpaired) electrons. The van der Waals surface area contributed by atoms with Crippen LogP contribution in [0, 0.1) is 25.2 Å². The molecule has 0 aliphatic carbocycles. The van der Waals surface area contributed by atoms with Crippen LogP contribution in [0.4, 0.5) is 0 Å². The van der Waals surface area contributed by atoms with E-state index in [9.17, 15) is 5.26 Å². The second kappa shape index (κ2) is 9.53. The van der Waals surface area contributed by atoms with E-state index in [1.807, 2.05) is 53.8 Å². The van der Waals surface area contributed by atoms with Crippen LogP contribution in [0.15, 0.2) is 36.7 Å². The van der Waals surface area contributed by atoms with Crippen molar-refractivity contribution in [3.63, 3.8) is 0 Å². The van der Waals surface area contributed by atoms with Gasteiger partial charge >= 0.3 is 0 Å². The molecule has 0 bridgehead atoms. The number of fused-ring (bicyclic) bond motifs is 1. The molecule has 0 atom stereocenters. The monoisotopic (exact) mass is 472 g/mol. The van der Waals surface area contributed by atoms with Crippen molar-refractivity contribution in [3.05, 3.63) is 64.9 Å². The van der Waals surface area contributed by atoms with Gasteiger partial charge < -0.3 is 9.30 Å². The fourth-order valence-corrected chi connectivity index (χ4v) is 4.80. The van der Waals surface area contributed by atoms with Gasteiger partial charge in [0.25, 0.3) is 0 Å². The van der Waals surface area contributed by atoms with Crippen LogP contribution in [0.5, 0.6) is 0 Å². The summed E-state index contributed by atoms with van der Waals surface area (Å²) >= 11 is 0. The van der Waals surface area contributed by atoms with Gasteiger partial charge in [0.15, 0.2) is 0 Å². The quantitative estimate of drug-likeness (QED) is 0.259. The van der Waals surface area contributed by atoms with Crippen molar-refractivity contribution in [3.8, 4) is 17.3 Å². The minimum atomic E-state index is -1.18. The first-order chi connectivity index (χ1) is 16.1. The molecular formula is C26H32N6OSi. The summed E-state index contributed by atoms with van der Waals surface area (Å²) in [5.74, 6) is 0. The van der Waals surface area contributed by atoms with E-state index < -0.39 is 8.07 Å². The number of aryl methyl sites for hydroxylation is 3. The van der Waals surface area contributed by atoms with Gasteiger partial charge in [0.1, 0.15) is 18.4 Å². The second-order valence-electron chi connectivity index (χ2n) is 10.1. The number of ether oxygens (including phenoxy) is 1. The highest BCUT2D eigenvalue weighted by molar-refractivity contribution is 6.76. The van der Waals surface area contributed by atoms with Gasteiger partial charge in [-0.05, 0) is 43.7 Å². The summed E-state index contributed by atoms with van der Waals surface area (Å²) in [4.78, 5) is 9.75. The number of nitriles is 1. The molecule has 4 aromatic rings. The first-order valence-electron chi connectivity index (χ1n) is 11.6. The summed E-state index contributed by atoms with van der Waals surface area (Å²) in [7, 11) is 0.744. The van der Waals surface area contributed by atoms with Crippen molar-refractivity contribution in [2.45, 2.75) is 52.7 Å². The Bertz CT molecular complexity index is 1370. The smallest absolute Gasteiger partial charge is 0.144 e. The van der Waals surface area contributed by atoms with Crippen LogP contribution in [-0.4, -0.2) is 39.0 Å². The van der Waals surface area contributed by atoms with Gasteiger partial charge in [0.2, 0.25) is 0 Å². The van der Waals surface area contributed by atoms with E-state index >= 15 is 0 Å². The Balaban J connectivity index is 1.81. The van der Waals surface area contributed by atoms with Crippen LogP contribution >= 0.6 is 0 Å². The van der Waals surface area contributed by atoms with Crippen LogP contribution in [0.25, 0.3) is 22.3 Å². The predicted octanol–water partition coefficient (Wildman–Crippen LogP) is 5.22. The zero-order valence-corrected chi connectivity index (χ0v) is 21.9. The first kappa shape index (κ1) is 23.9. The average molecular weight is 473 g/mol. The highest BCUT2D eigenvalue weighted by Gasteiger charge is 2.19. The maximum atomic E-state index is 9.94. The third-order valence-electron chi connectivity index (χ3n) is 5.85. The lowest BCUT2D eigenvalue weighted by Gasteiger charge is -2.16. The summed E-state index contributed by atoms with van der Waals surface area (Å²) < 4.78 is 9.80. The Morgan fingerprint density at radius 2 is 1.91 bits per heavy atom. The lowest BCUT2D eigenvalue weighted by molar-refractivity contribution is 0.0898. The summed E-state index contributed by atoms with van der Waals surface area (Å²) in [6.07, 6.45) is 4.46. The van der Waals surface area contributed by atoms with Crippen LogP contribution < -0.4 is 0 Å². The fourth-order valence-electron chi connectivity index (χ4n) is 4.05. The molecule has 0 N–H and O–H groups in total. The topological polar surface area (TPSA) is 81.5 Å². The van der Waals surface area contributed by atoms with Gasteiger partial charge in [-0.25, -0.2) is 4.98 Å². The minimum absolute atomic E-state index is 0.364. The van der Waals surface area contributed by atoms with Crippen molar-refractivity contribution in [2.75, 3.05) is 6.61 Å². The summed E-state index contributed by atoms with van der Waals surface area (Å²) in [6, 6.07) is 11.5. The standard InChI is InChI=1S/C26H32N6OSi/c1-18-15-31(3)30-24(18)13-21-12-22(23-9-7-8-19(2)28-23)25-20(14-27)16-32(26(25)29-21)17-33-10-11-34(4,5)6/h7-9,12,15-16H,10-11,13,17H2,1-6H3. The lowest BCUT2D eigenvalue weighted by Crippen LogP contribution is -2.22. The Labute approximate surface area is 202 Å². The first-order valence-corrected chi connectivity index (χ1v) is 15.3. The van der Waals surface area contributed by atoms with E-state index in [1.165, 1.54) is 0 Å². The Hall–Kier alpha value is -3.28. The van der Waals surface area contributed by atoms with Gasteiger partial charge in [-0.15, -0.1) is 0 Å². The maximum Gasteiger partial charge on any atom is 0.144 e. The van der Waals surface area contributed by atoms with Crippen molar-refractivity contribution < 1.29 is 4.74 Å². The zero-order valence-electron chi connectivity index (χ0n) is 20.9. The molecule has 4 aromatic heterocycles. The molecule has 0 aromatic carbocycles. The van der Waals surface area contributed by atoms with Crippen LogP contribution in [0.1, 0.15) is 28.2 Å². The van der Waals surface area contributed by atoms with E-state index in [-0.39, 0.29) is 0 Å². The molecule has 0 saturated carbocycles. The van der Waals surface area contributed by atoms with E-state index in [1.54, 1.807) is 0 Å². The zero-order chi connectivity index (χ0) is 24.5. The molecule has 0 amide bonds. The number of hydrogen-bond acceptors (Lipinski definition) is 5. The number of aromatic nitrogens is 5. The molecule has 4 heterocycles. The van der Waals surface area contributed by atoms with Crippen molar-refractivity contribution in [1.29, 1.82) is 5.26 Å². The van der Waals surface area contributed by atoms with Crippen LogP contribution in [-0.2, 0) is 24.9 Å². The van der Waals surface area contributed by atoms with E-state index in [0.717, 1.165) is 51.0 Å². The third-order valence-corrected chi connectivity index (χ3v) is 7.56. The number of rotatable bonds is 8. The van der Waals surface area contributed by atoms with Gasteiger partial charge in [-0.1, -0.05) is 25.7 Å². The number of hydrogen-bond donors (Lipinski definition) is 0. The fraction of sp³-hybridized carbons (Fsp3) is 0.385. The minimum Gasteiger partial charge on any atom is -0.361 e. The van der Waals surface area contributed by atoms with E-state index in [0.29, 0.717) is 25.3 Å². The normalized spacial score (nSPS) is 11.8. The predicted molar refractivity (Wildman–Crippen MR) is 137 cm³/mol. The van der Waals surface area contributed by atoms with Crippen molar-refractivity contribution >= 4 is 19.1 Å². The van der Waals surface area contributed by atoms with Gasteiger partial charge in [0.05, 0.1) is 17.0 Å². The SMILES string of the molecule is Cc1cccc(-c2cc(Cc3nn(C)cc3C)nc3c2c(C#N)cn3COCC[Si](C)(C)C)n1. The van der Waals surface area contributed by atoms with E-state index in [4.69, 9.17) is 14.7 Å². The molecule has 0 spiro atoms. The highest BCUT2D eigenvalue weighted by atomic mass is 28.3.